The quantitative estimate of drug-likeness (QED) is 0.627. The van der Waals surface area contributed by atoms with Crippen molar-refractivity contribution in [2.75, 3.05) is 6.54 Å². The first kappa shape index (κ1) is 18.3. The third-order valence-electron chi connectivity index (χ3n) is 3.82. The van der Waals surface area contributed by atoms with Gasteiger partial charge in [0.15, 0.2) is 0 Å². The van der Waals surface area contributed by atoms with Crippen LogP contribution in [0.15, 0.2) is 34.9 Å². The summed E-state index contributed by atoms with van der Waals surface area (Å²) in [7, 11) is 0. The van der Waals surface area contributed by atoms with Crippen molar-refractivity contribution in [2.24, 2.45) is 0 Å². The summed E-state index contributed by atoms with van der Waals surface area (Å²) in [5, 5.41) is 0.740. The molecule has 0 N–H and O–H groups in total. The van der Waals surface area contributed by atoms with Crippen LogP contribution in [-0.4, -0.2) is 34.3 Å². The molecule has 1 amide bonds. The van der Waals surface area contributed by atoms with Gasteiger partial charge >= 0.3 is 6.09 Å². The first-order chi connectivity index (χ1) is 11.7. The molecule has 1 aliphatic rings. The molecule has 4 nitrogen and oxygen atoms in total. The summed E-state index contributed by atoms with van der Waals surface area (Å²) in [4.78, 5) is 19.3. The van der Waals surface area contributed by atoms with Gasteiger partial charge in [-0.15, -0.1) is 11.3 Å². The molecule has 3 rings (SSSR count). The number of ether oxygens (including phenoxy) is 1. The van der Waals surface area contributed by atoms with Crippen LogP contribution in [0.5, 0.6) is 0 Å². The number of amides is 1. The van der Waals surface area contributed by atoms with Crippen molar-refractivity contribution in [3.63, 3.8) is 0 Å². The number of benzene rings is 1. The number of likely N-dealkylation sites (tertiary alicyclic amines) is 1. The van der Waals surface area contributed by atoms with Crippen molar-refractivity contribution in [3.8, 4) is 10.4 Å². The Kier molecular flexibility index (Phi) is 5.16. The molecule has 134 valence electrons. The van der Waals surface area contributed by atoms with Crippen LogP contribution in [0, 0.1) is 0 Å². The van der Waals surface area contributed by atoms with Crippen LogP contribution in [0.25, 0.3) is 10.4 Å². The lowest BCUT2D eigenvalue weighted by Crippen LogP contribution is -2.36. The number of hydrogen-bond donors (Lipinski definition) is 0. The maximum Gasteiger partial charge on any atom is 0.410 e. The number of halogens is 2. The highest BCUT2D eigenvalue weighted by Gasteiger charge is 2.40. The predicted octanol–water partition coefficient (Wildman–Crippen LogP) is 5.59. The number of alkyl halides is 1. The summed E-state index contributed by atoms with van der Waals surface area (Å²) in [6.07, 6.45) is 0.491. The van der Waals surface area contributed by atoms with Crippen LogP contribution in [0.1, 0.15) is 38.2 Å². The molecular weight excluding hydrogens is 407 g/mol. The Morgan fingerprint density at radius 1 is 1.36 bits per heavy atom. The molecule has 25 heavy (non-hydrogen) atoms. The standard InChI is InChI=1S/C18H20BrFN2O2S/c1-18(2,3)24-17(23)22-10-13(20)8-14(22)16-21-9-15(25-16)11-4-6-12(19)7-5-11/h4-7,9,13-14H,8,10H2,1-3H3/t13-,14+/m1/s1. The first-order valence-electron chi connectivity index (χ1n) is 8.08. The van der Waals surface area contributed by atoms with Crippen molar-refractivity contribution in [1.82, 2.24) is 9.88 Å². The molecule has 2 atom stereocenters. The highest BCUT2D eigenvalue weighted by atomic mass is 79.9. The van der Waals surface area contributed by atoms with E-state index < -0.39 is 17.9 Å². The third-order valence-corrected chi connectivity index (χ3v) is 5.49. The summed E-state index contributed by atoms with van der Waals surface area (Å²) in [5.74, 6) is 0. The topological polar surface area (TPSA) is 42.4 Å². The minimum atomic E-state index is -1.06. The van der Waals surface area contributed by atoms with Gasteiger partial charge in [0.2, 0.25) is 0 Å². The Labute approximate surface area is 159 Å². The summed E-state index contributed by atoms with van der Waals surface area (Å²) in [6, 6.07) is 7.56. The van der Waals surface area contributed by atoms with Crippen molar-refractivity contribution < 1.29 is 13.9 Å². The second kappa shape index (κ2) is 7.03. The van der Waals surface area contributed by atoms with Crippen LogP contribution < -0.4 is 0 Å². The zero-order valence-corrected chi connectivity index (χ0v) is 16.7. The van der Waals surface area contributed by atoms with Crippen LogP contribution in [0.4, 0.5) is 9.18 Å². The normalized spacial score (nSPS) is 20.8. The van der Waals surface area contributed by atoms with Crippen molar-refractivity contribution in [2.45, 2.75) is 45.0 Å². The molecule has 0 spiro atoms. The van der Waals surface area contributed by atoms with Gasteiger partial charge in [-0.25, -0.2) is 14.2 Å². The lowest BCUT2D eigenvalue weighted by Gasteiger charge is -2.27. The van der Waals surface area contributed by atoms with Crippen molar-refractivity contribution in [1.29, 1.82) is 0 Å². The lowest BCUT2D eigenvalue weighted by atomic mass is 10.2. The van der Waals surface area contributed by atoms with Gasteiger partial charge in [-0.2, -0.15) is 0 Å². The number of aromatic nitrogens is 1. The molecule has 0 bridgehead atoms. The van der Waals surface area contributed by atoms with E-state index >= 15 is 0 Å². The lowest BCUT2D eigenvalue weighted by molar-refractivity contribution is 0.0216. The van der Waals surface area contributed by atoms with Gasteiger partial charge in [-0.1, -0.05) is 28.1 Å². The van der Waals surface area contributed by atoms with E-state index in [-0.39, 0.29) is 19.0 Å². The summed E-state index contributed by atoms with van der Waals surface area (Å²) in [5.41, 5.74) is 0.437. The van der Waals surface area contributed by atoms with E-state index in [1.165, 1.54) is 16.2 Å². The highest BCUT2D eigenvalue weighted by Crippen LogP contribution is 2.39. The van der Waals surface area contributed by atoms with E-state index in [1.807, 2.05) is 24.3 Å². The zero-order chi connectivity index (χ0) is 18.2. The van der Waals surface area contributed by atoms with E-state index in [0.29, 0.717) is 0 Å². The number of hydrogen-bond acceptors (Lipinski definition) is 4. The highest BCUT2D eigenvalue weighted by molar-refractivity contribution is 9.10. The zero-order valence-electron chi connectivity index (χ0n) is 14.3. The van der Waals surface area contributed by atoms with Gasteiger partial charge in [0.1, 0.15) is 16.8 Å². The molecule has 0 radical (unpaired) electrons. The fourth-order valence-electron chi connectivity index (χ4n) is 2.73. The monoisotopic (exact) mass is 426 g/mol. The van der Waals surface area contributed by atoms with Gasteiger partial charge in [-0.05, 0) is 38.5 Å². The number of thiazole rings is 1. The maximum atomic E-state index is 14.0. The number of carbonyl (C=O) groups excluding carboxylic acids is 1. The van der Waals surface area contributed by atoms with E-state index in [4.69, 9.17) is 4.74 Å². The number of rotatable bonds is 2. The summed E-state index contributed by atoms with van der Waals surface area (Å²) >= 11 is 4.91. The molecule has 1 saturated heterocycles. The SMILES string of the molecule is CC(C)(C)OC(=O)N1C[C@H](F)C[C@H]1c1ncc(-c2ccc(Br)cc2)s1. The molecule has 2 heterocycles. The molecule has 2 aromatic rings. The predicted molar refractivity (Wildman–Crippen MR) is 100 cm³/mol. The van der Waals surface area contributed by atoms with E-state index in [9.17, 15) is 9.18 Å². The first-order valence-corrected chi connectivity index (χ1v) is 9.69. The number of nitrogens with zero attached hydrogens (tertiary/aromatic N) is 2. The Morgan fingerprint density at radius 3 is 2.68 bits per heavy atom. The van der Waals surface area contributed by atoms with E-state index in [2.05, 4.69) is 20.9 Å². The van der Waals surface area contributed by atoms with Crippen LogP contribution in [0.3, 0.4) is 0 Å². The summed E-state index contributed by atoms with van der Waals surface area (Å²) < 4.78 is 20.4. The fraction of sp³-hybridized carbons (Fsp3) is 0.444. The second-order valence-corrected chi connectivity index (χ2v) is 9.03. The maximum absolute atomic E-state index is 14.0. The van der Waals surface area contributed by atoms with Crippen molar-refractivity contribution >= 4 is 33.4 Å². The van der Waals surface area contributed by atoms with Gasteiger partial charge in [0, 0.05) is 17.1 Å². The largest absolute Gasteiger partial charge is 0.444 e. The van der Waals surface area contributed by atoms with Crippen LogP contribution in [-0.2, 0) is 4.74 Å². The Hall–Kier alpha value is -1.47. The molecule has 1 fully saturated rings. The molecule has 1 aromatic carbocycles. The number of carbonyl (C=O) groups is 1. The van der Waals surface area contributed by atoms with Crippen LogP contribution >= 0.6 is 27.3 Å². The smallest absolute Gasteiger partial charge is 0.410 e. The molecule has 7 heteroatoms. The van der Waals surface area contributed by atoms with Gasteiger partial charge in [-0.3, -0.25) is 4.90 Å². The molecular formula is C18H20BrFN2O2S. The fourth-order valence-corrected chi connectivity index (χ4v) is 4.04. The summed E-state index contributed by atoms with van der Waals surface area (Å²) in [6.45, 7) is 5.46. The van der Waals surface area contributed by atoms with Gasteiger partial charge in [0.25, 0.3) is 0 Å². The molecule has 0 saturated carbocycles. The Bertz CT molecular complexity index is 757. The third kappa shape index (κ3) is 4.39. The van der Waals surface area contributed by atoms with E-state index in [0.717, 1.165) is 19.9 Å². The minimum absolute atomic E-state index is 0.0484. The average molecular weight is 427 g/mol. The molecule has 1 aromatic heterocycles. The average Bonchev–Trinajstić information content (AvgIpc) is 3.12. The van der Waals surface area contributed by atoms with Gasteiger partial charge in [0.05, 0.1) is 17.5 Å². The molecule has 1 aliphatic heterocycles. The molecule has 0 aliphatic carbocycles. The van der Waals surface area contributed by atoms with Gasteiger partial charge < -0.3 is 4.74 Å². The second-order valence-electron chi connectivity index (χ2n) is 7.05. The Balaban J connectivity index is 1.82. The van der Waals surface area contributed by atoms with Crippen molar-refractivity contribution in [3.05, 3.63) is 39.9 Å². The van der Waals surface area contributed by atoms with E-state index in [1.54, 1.807) is 27.0 Å². The Morgan fingerprint density at radius 2 is 2.04 bits per heavy atom. The minimum Gasteiger partial charge on any atom is -0.444 e. The van der Waals surface area contributed by atoms with Crippen LogP contribution in [0.2, 0.25) is 0 Å². The molecule has 0 unspecified atom stereocenters.